The molecule has 0 saturated heterocycles. The molecule has 0 saturated carbocycles. The number of carbonyl (C=O) groups excluding carboxylic acids is 2. The van der Waals surface area contributed by atoms with Gasteiger partial charge >= 0.3 is 6.09 Å². The number of thioether (sulfide) groups is 1. The number of hydrogen-bond acceptors (Lipinski definition) is 5. The van der Waals surface area contributed by atoms with Crippen LogP contribution in [0.3, 0.4) is 0 Å². The van der Waals surface area contributed by atoms with E-state index >= 15 is 0 Å². The Kier molecular flexibility index (Phi) is 5.94. The predicted octanol–water partition coefficient (Wildman–Crippen LogP) is 3.62. The summed E-state index contributed by atoms with van der Waals surface area (Å²) < 4.78 is 4.53. The first kappa shape index (κ1) is 16.8. The molecule has 2 rings (SSSR count). The number of nitrogens with one attached hydrogen (secondary N) is 1. The van der Waals surface area contributed by atoms with Crippen molar-refractivity contribution in [1.82, 2.24) is 5.32 Å². The number of aliphatic imine (C=N–C) groups is 1. The van der Waals surface area contributed by atoms with E-state index in [-0.39, 0.29) is 5.78 Å². The number of benzene rings is 2. The lowest BCUT2D eigenvalue weighted by Crippen LogP contribution is -2.27. The van der Waals surface area contributed by atoms with Crippen LogP contribution < -0.4 is 5.32 Å². The maximum Gasteiger partial charge on any atom is 0.412 e. The van der Waals surface area contributed by atoms with Crippen molar-refractivity contribution in [3.63, 3.8) is 0 Å². The van der Waals surface area contributed by atoms with Gasteiger partial charge < -0.3 is 4.74 Å². The number of amidine groups is 1. The number of carbonyl (C=O) groups is 2. The second-order valence-electron chi connectivity index (χ2n) is 4.48. The number of amides is 1. The number of ketones is 1. The van der Waals surface area contributed by atoms with Gasteiger partial charge in [-0.15, -0.1) is 0 Å². The van der Waals surface area contributed by atoms with Crippen LogP contribution >= 0.6 is 11.8 Å². The minimum Gasteiger partial charge on any atom is -0.453 e. The Morgan fingerprint density at radius 1 is 1.00 bits per heavy atom. The molecule has 2 aromatic carbocycles. The maximum absolute atomic E-state index is 12.3. The van der Waals surface area contributed by atoms with Crippen molar-refractivity contribution in [2.75, 3.05) is 13.4 Å². The standard InChI is InChI=1S/C17H16N2O3S/c1-22-17(21)19-16(23-2)18-14-10-8-13(9-11-14)15(20)12-6-4-3-5-7-12/h3-11H,1-2H3,(H,18,19,21). The molecule has 23 heavy (non-hydrogen) atoms. The molecule has 0 fully saturated rings. The number of ether oxygens (including phenoxy) is 1. The van der Waals surface area contributed by atoms with Crippen molar-refractivity contribution in [3.05, 3.63) is 65.7 Å². The van der Waals surface area contributed by atoms with Crippen LogP contribution in [0.5, 0.6) is 0 Å². The second-order valence-corrected chi connectivity index (χ2v) is 5.27. The topological polar surface area (TPSA) is 67.8 Å². The van der Waals surface area contributed by atoms with Crippen LogP contribution in [0.2, 0.25) is 0 Å². The fraction of sp³-hybridized carbons (Fsp3) is 0.118. The number of methoxy groups -OCH3 is 1. The van der Waals surface area contributed by atoms with Crippen LogP contribution in [0.4, 0.5) is 10.5 Å². The SMILES string of the molecule is COC(=O)NC(=Nc1ccc(C(=O)c2ccccc2)cc1)SC. The molecule has 1 N–H and O–H groups in total. The van der Waals surface area contributed by atoms with Gasteiger partial charge in [-0.1, -0.05) is 42.1 Å². The summed E-state index contributed by atoms with van der Waals surface area (Å²) in [7, 11) is 1.29. The van der Waals surface area contributed by atoms with Gasteiger partial charge in [0.05, 0.1) is 12.8 Å². The molecule has 5 nitrogen and oxygen atoms in total. The van der Waals surface area contributed by atoms with Gasteiger partial charge in [-0.2, -0.15) is 0 Å². The smallest absolute Gasteiger partial charge is 0.412 e. The van der Waals surface area contributed by atoms with Crippen LogP contribution in [0.15, 0.2) is 59.6 Å². The summed E-state index contributed by atoms with van der Waals surface area (Å²) in [6.45, 7) is 0. The first-order chi connectivity index (χ1) is 11.1. The van der Waals surface area contributed by atoms with E-state index in [2.05, 4.69) is 15.0 Å². The van der Waals surface area contributed by atoms with Gasteiger partial charge in [0.1, 0.15) is 0 Å². The quantitative estimate of drug-likeness (QED) is 0.531. The van der Waals surface area contributed by atoms with Crippen LogP contribution in [0, 0.1) is 0 Å². The molecule has 0 bridgehead atoms. The molecule has 0 aliphatic carbocycles. The van der Waals surface area contributed by atoms with Crippen molar-refractivity contribution in [2.45, 2.75) is 0 Å². The molecule has 0 radical (unpaired) electrons. The van der Waals surface area contributed by atoms with Gasteiger partial charge in [-0.25, -0.2) is 9.79 Å². The normalized spacial score (nSPS) is 11.0. The summed E-state index contributed by atoms with van der Waals surface area (Å²) in [6, 6.07) is 16.0. The zero-order chi connectivity index (χ0) is 16.7. The van der Waals surface area contributed by atoms with Gasteiger partial charge in [-0.3, -0.25) is 10.1 Å². The second kappa shape index (κ2) is 8.14. The van der Waals surface area contributed by atoms with E-state index in [9.17, 15) is 9.59 Å². The average Bonchev–Trinajstić information content (AvgIpc) is 2.61. The largest absolute Gasteiger partial charge is 0.453 e. The third kappa shape index (κ3) is 4.69. The molecule has 0 heterocycles. The molecule has 2 aromatic rings. The zero-order valence-electron chi connectivity index (χ0n) is 12.8. The Labute approximate surface area is 138 Å². The predicted molar refractivity (Wildman–Crippen MR) is 92.5 cm³/mol. The minimum absolute atomic E-state index is 0.0427. The van der Waals surface area contributed by atoms with Crippen LogP contribution in [0.1, 0.15) is 15.9 Å². The number of alkyl carbamates (subject to hydrolysis) is 1. The van der Waals surface area contributed by atoms with Crippen molar-refractivity contribution < 1.29 is 14.3 Å². The molecule has 0 aromatic heterocycles. The molecule has 1 amide bonds. The molecule has 0 aliphatic heterocycles. The average molecular weight is 328 g/mol. The molecule has 0 spiro atoms. The van der Waals surface area contributed by atoms with Crippen molar-refractivity contribution in [3.8, 4) is 0 Å². The van der Waals surface area contributed by atoms with E-state index in [4.69, 9.17) is 0 Å². The summed E-state index contributed by atoms with van der Waals surface area (Å²) in [5.74, 6) is -0.0427. The van der Waals surface area contributed by atoms with E-state index < -0.39 is 6.09 Å². The van der Waals surface area contributed by atoms with Crippen LogP contribution in [0.25, 0.3) is 0 Å². The van der Waals surface area contributed by atoms with E-state index in [1.165, 1.54) is 18.9 Å². The zero-order valence-corrected chi connectivity index (χ0v) is 13.6. The van der Waals surface area contributed by atoms with E-state index in [0.717, 1.165) is 0 Å². The maximum atomic E-state index is 12.3. The van der Waals surface area contributed by atoms with Gasteiger partial charge in [0.15, 0.2) is 11.0 Å². The molecular weight excluding hydrogens is 312 g/mol. The molecule has 0 atom stereocenters. The highest BCUT2D eigenvalue weighted by molar-refractivity contribution is 8.13. The lowest BCUT2D eigenvalue weighted by molar-refractivity contribution is 0.103. The Balaban J connectivity index is 2.16. The number of nitrogens with zero attached hydrogens (tertiary/aromatic N) is 1. The molecule has 0 unspecified atom stereocenters. The highest BCUT2D eigenvalue weighted by atomic mass is 32.2. The highest BCUT2D eigenvalue weighted by Crippen LogP contribution is 2.17. The highest BCUT2D eigenvalue weighted by Gasteiger charge is 2.09. The third-order valence-electron chi connectivity index (χ3n) is 2.98. The monoisotopic (exact) mass is 328 g/mol. The summed E-state index contributed by atoms with van der Waals surface area (Å²) in [4.78, 5) is 27.8. The summed E-state index contributed by atoms with van der Waals surface area (Å²) in [6.07, 6.45) is 1.22. The molecule has 0 aliphatic rings. The van der Waals surface area contributed by atoms with Gasteiger partial charge in [-0.05, 0) is 30.5 Å². The lowest BCUT2D eigenvalue weighted by atomic mass is 10.0. The Morgan fingerprint density at radius 3 is 2.17 bits per heavy atom. The molecule has 118 valence electrons. The summed E-state index contributed by atoms with van der Waals surface area (Å²) >= 11 is 1.29. The van der Waals surface area contributed by atoms with E-state index in [1.807, 2.05) is 18.2 Å². The Morgan fingerprint density at radius 2 is 1.61 bits per heavy atom. The lowest BCUT2D eigenvalue weighted by Gasteiger charge is -2.05. The van der Waals surface area contributed by atoms with E-state index in [0.29, 0.717) is 22.0 Å². The van der Waals surface area contributed by atoms with E-state index in [1.54, 1.807) is 42.7 Å². The van der Waals surface area contributed by atoms with Crippen LogP contribution in [-0.2, 0) is 4.74 Å². The fourth-order valence-corrected chi connectivity index (χ4v) is 2.21. The van der Waals surface area contributed by atoms with Gasteiger partial charge in [0, 0.05) is 11.1 Å². The molecular formula is C17H16N2O3S. The fourth-order valence-electron chi connectivity index (χ4n) is 1.82. The first-order valence-corrected chi connectivity index (χ1v) is 8.04. The number of hydrogen-bond donors (Lipinski definition) is 1. The number of rotatable bonds is 3. The Hall–Kier alpha value is -2.60. The first-order valence-electron chi connectivity index (χ1n) is 6.81. The van der Waals surface area contributed by atoms with Gasteiger partial charge in [0.25, 0.3) is 0 Å². The van der Waals surface area contributed by atoms with Crippen molar-refractivity contribution in [2.24, 2.45) is 4.99 Å². The van der Waals surface area contributed by atoms with Crippen molar-refractivity contribution in [1.29, 1.82) is 0 Å². The summed E-state index contributed by atoms with van der Waals surface area (Å²) in [5.41, 5.74) is 1.86. The van der Waals surface area contributed by atoms with Gasteiger partial charge in [0.2, 0.25) is 0 Å². The van der Waals surface area contributed by atoms with Crippen LogP contribution in [-0.4, -0.2) is 30.4 Å². The Bertz CT molecular complexity index is 712. The summed E-state index contributed by atoms with van der Waals surface area (Å²) in [5, 5.41) is 2.93. The van der Waals surface area contributed by atoms with Crippen molar-refractivity contribution >= 4 is 34.5 Å². The molecule has 6 heteroatoms. The minimum atomic E-state index is -0.575. The third-order valence-corrected chi connectivity index (χ3v) is 3.56.